The summed E-state index contributed by atoms with van der Waals surface area (Å²) < 4.78 is 13.2. The van der Waals surface area contributed by atoms with Gasteiger partial charge in [0, 0.05) is 21.4 Å². The summed E-state index contributed by atoms with van der Waals surface area (Å²) in [6.07, 6.45) is 0.357. The zero-order chi connectivity index (χ0) is 24.2. The minimum Gasteiger partial charge on any atom is -0.321 e. The van der Waals surface area contributed by atoms with Crippen LogP contribution in [-0.2, 0) is 16.0 Å². The number of rotatable bonds is 5. The molecule has 0 aliphatic carbocycles. The second-order valence-electron chi connectivity index (χ2n) is 7.34. The topological polar surface area (TPSA) is 73.2 Å². The number of carbonyl (C=O) groups is 2. The molecule has 1 atom stereocenters. The van der Waals surface area contributed by atoms with Crippen molar-refractivity contribution in [3.05, 3.63) is 105 Å². The second-order valence-corrected chi connectivity index (χ2v) is 9.41. The van der Waals surface area contributed by atoms with Crippen molar-refractivity contribution in [1.82, 2.24) is 0 Å². The largest absolute Gasteiger partial charge is 0.321 e. The Morgan fingerprint density at radius 1 is 1.06 bits per heavy atom. The highest BCUT2D eigenvalue weighted by molar-refractivity contribution is 8.05. The smallest absolute Gasteiger partial charge is 0.269 e. The molecule has 34 heavy (non-hydrogen) atoms. The Kier molecular flexibility index (Phi) is 7.23. The van der Waals surface area contributed by atoms with Gasteiger partial charge in [0.05, 0.1) is 5.25 Å². The Morgan fingerprint density at radius 2 is 1.76 bits per heavy atom. The zero-order valence-corrected chi connectivity index (χ0v) is 19.8. The maximum atomic E-state index is 13.5. The monoisotopic (exact) mass is 511 g/mol. The van der Waals surface area contributed by atoms with Crippen LogP contribution >= 0.6 is 35.0 Å². The van der Waals surface area contributed by atoms with Crippen LogP contribution in [0.2, 0.25) is 10.0 Å². The minimum atomic E-state index is -0.702. The fourth-order valence-electron chi connectivity index (χ4n) is 3.42. The third-order valence-electron chi connectivity index (χ3n) is 5.00. The van der Waals surface area contributed by atoms with E-state index in [9.17, 15) is 19.2 Å². The quantitative estimate of drug-likeness (QED) is 0.327. The maximum absolute atomic E-state index is 13.5. The van der Waals surface area contributed by atoms with E-state index in [1.807, 2.05) is 12.1 Å². The molecular formula is C25H16Cl2FN3O2S. The van der Waals surface area contributed by atoms with Crippen molar-refractivity contribution >= 4 is 58.2 Å². The molecule has 1 heterocycles. The van der Waals surface area contributed by atoms with E-state index in [0.717, 1.165) is 17.3 Å². The highest BCUT2D eigenvalue weighted by Gasteiger charge is 2.40. The number of benzene rings is 3. The van der Waals surface area contributed by atoms with Gasteiger partial charge in [-0.3, -0.25) is 14.5 Å². The Hall–Kier alpha value is -3.31. The first-order valence-electron chi connectivity index (χ1n) is 10.1. The van der Waals surface area contributed by atoms with Gasteiger partial charge in [0.15, 0.2) is 0 Å². The lowest BCUT2D eigenvalue weighted by Crippen LogP contribution is -2.30. The van der Waals surface area contributed by atoms with Gasteiger partial charge in [0.1, 0.15) is 22.5 Å². The lowest BCUT2D eigenvalue weighted by Gasteiger charge is -2.19. The van der Waals surface area contributed by atoms with Crippen molar-refractivity contribution in [2.45, 2.75) is 11.7 Å². The molecule has 0 spiro atoms. The van der Waals surface area contributed by atoms with Crippen molar-refractivity contribution in [3.8, 4) is 6.07 Å². The number of nitrogens with one attached hydrogen (secondary N) is 1. The van der Waals surface area contributed by atoms with Crippen LogP contribution in [0, 0.1) is 17.1 Å². The van der Waals surface area contributed by atoms with Crippen molar-refractivity contribution in [1.29, 1.82) is 5.26 Å². The van der Waals surface area contributed by atoms with Gasteiger partial charge >= 0.3 is 0 Å². The molecule has 0 aromatic heterocycles. The molecule has 0 saturated carbocycles. The summed E-state index contributed by atoms with van der Waals surface area (Å²) >= 11 is 13.2. The average molecular weight is 512 g/mol. The number of nitrogens with zero attached hydrogens (tertiary/aromatic N) is 2. The highest BCUT2D eigenvalue weighted by atomic mass is 35.5. The first kappa shape index (κ1) is 23.8. The summed E-state index contributed by atoms with van der Waals surface area (Å²) in [6.45, 7) is 0. The van der Waals surface area contributed by atoms with Crippen LogP contribution in [0.3, 0.4) is 0 Å². The van der Waals surface area contributed by atoms with E-state index in [1.165, 1.54) is 29.2 Å². The predicted octanol–water partition coefficient (Wildman–Crippen LogP) is 6.20. The standard InChI is InChI=1S/C25H16Cl2FN3O2S/c26-16-4-10-20(11-5-16)31-24(33)22(13-15-2-1-3-17(27)12-15)34-25(31)21(14-29)23(32)30-19-8-6-18(28)7-9-19/h1-12,22H,13H2,(H,30,32). The van der Waals surface area contributed by atoms with Crippen molar-refractivity contribution in [2.24, 2.45) is 0 Å². The molecule has 0 radical (unpaired) electrons. The van der Waals surface area contributed by atoms with Gasteiger partial charge in [-0.2, -0.15) is 5.26 Å². The van der Waals surface area contributed by atoms with E-state index in [2.05, 4.69) is 5.32 Å². The normalized spacial score (nSPS) is 16.8. The molecule has 2 amide bonds. The fraction of sp³-hybridized carbons (Fsp3) is 0.0800. The van der Waals surface area contributed by atoms with Gasteiger partial charge in [-0.05, 0) is 72.6 Å². The second kappa shape index (κ2) is 10.3. The van der Waals surface area contributed by atoms with Gasteiger partial charge < -0.3 is 5.32 Å². The van der Waals surface area contributed by atoms with Gasteiger partial charge in [0.2, 0.25) is 5.91 Å². The number of nitriles is 1. The number of hydrogen-bond donors (Lipinski definition) is 1. The number of amides is 2. The highest BCUT2D eigenvalue weighted by Crippen LogP contribution is 2.42. The molecule has 3 aromatic carbocycles. The Morgan fingerprint density at radius 3 is 2.41 bits per heavy atom. The van der Waals surface area contributed by atoms with Crippen LogP contribution < -0.4 is 10.2 Å². The SMILES string of the molecule is N#CC(C(=O)Nc1ccc(F)cc1)=C1SC(Cc2cccc(Cl)c2)C(=O)N1c1ccc(Cl)cc1. The molecule has 1 N–H and O–H groups in total. The summed E-state index contributed by atoms with van der Waals surface area (Å²) in [4.78, 5) is 27.8. The Labute approximate surface area is 209 Å². The molecule has 5 nitrogen and oxygen atoms in total. The summed E-state index contributed by atoms with van der Waals surface area (Å²) in [5.41, 5.74) is 1.42. The van der Waals surface area contributed by atoms with E-state index in [0.29, 0.717) is 27.8 Å². The number of thioether (sulfide) groups is 1. The summed E-state index contributed by atoms with van der Waals surface area (Å²) in [7, 11) is 0. The Bertz CT molecular complexity index is 1320. The molecule has 9 heteroatoms. The molecule has 1 aliphatic rings. The fourth-order valence-corrected chi connectivity index (χ4v) is 5.06. The van der Waals surface area contributed by atoms with E-state index < -0.39 is 17.0 Å². The number of hydrogen-bond acceptors (Lipinski definition) is 4. The van der Waals surface area contributed by atoms with E-state index in [-0.39, 0.29) is 16.5 Å². The van der Waals surface area contributed by atoms with Crippen LogP contribution in [0.1, 0.15) is 5.56 Å². The van der Waals surface area contributed by atoms with Crippen LogP contribution in [0.5, 0.6) is 0 Å². The molecule has 1 saturated heterocycles. The van der Waals surface area contributed by atoms with Crippen molar-refractivity contribution in [3.63, 3.8) is 0 Å². The van der Waals surface area contributed by atoms with Crippen LogP contribution in [0.25, 0.3) is 0 Å². The summed E-state index contributed by atoms with van der Waals surface area (Å²) in [5.74, 6) is -1.43. The molecular weight excluding hydrogens is 496 g/mol. The lowest BCUT2D eigenvalue weighted by molar-refractivity contribution is -0.117. The third kappa shape index (κ3) is 5.26. The van der Waals surface area contributed by atoms with Gasteiger partial charge in [-0.1, -0.05) is 47.1 Å². The van der Waals surface area contributed by atoms with Gasteiger partial charge in [0.25, 0.3) is 5.91 Å². The van der Waals surface area contributed by atoms with E-state index in [1.54, 1.807) is 42.5 Å². The third-order valence-corrected chi connectivity index (χ3v) is 6.75. The lowest BCUT2D eigenvalue weighted by atomic mass is 10.1. The number of halogens is 3. The Balaban J connectivity index is 1.72. The predicted molar refractivity (Wildman–Crippen MR) is 133 cm³/mol. The zero-order valence-electron chi connectivity index (χ0n) is 17.5. The van der Waals surface area contributed by atoms with E-state index >= 15 is 0 Å². The van der Waals surface area contributed by atoms with Crippen LogP contribution in [-0.4, -0.2) is 17.1 Å². The van der Waals surface area contributed by atoms with Crippen LogP contribution in [0.15, 0.2) is 83.4 Å². The van der Waals surface area contributed by atoms with Crippen molar-refractivity contribution < 1.29 is 14.0 Å². The molecule has 3 aromatic rings. The van der Waals surface area contributed by atoms with Crippen molar-refractivity contribution in [2.75, 3.05) is 10.2 Å². The molecule has 4 rings (SSSR count). The summed E-state index contributed by atoms with van der Waals surface area (Å²) in [6, 6.07) is 20.8. The molecule has 0 bridgehead atoms. The molecule has 1 aliphatic heterocycles. The average Bonchev–Trinajstić information content (AvgIpc) is 3.12. The first-order valence-corrected chi connectivity index (χ1v) is 11.7. The van der Waals surface area contributed by atoms with Gasteiger partial charge in [-0.25, -0.2) is 4.39 Å². The molecule has 1 unspecified atom stereocenters. The maximum Gasteiger partial charge on any atom is 0.269 e. The summed E-state index contributed by atoms with van der Waals surface area (Å²) in [5, 5.41) is 13.1. The molecule has 1 fully saturated rings. The number of carbonyl (C=O) groups excluding carboxylic acids is 2. The minimum absolute atomic E-state index is 0.210. The number of anilines is 2. The van der Waals surface area contributed by atoms with E-state index in [4.69, 9.17) is 23.2 Å². The molecule has 170 valence electrons. The van der Waals surface area contributed by atoms with Gasteiger partial charge in [-0.15, -0.1) is 0 Å². The van der Waals surface area contributed by atoms with Crippen LogP contribution in [0.4, 0.5) is 15.8 Å². The first-order chi connectivity index (χ1) is 16.4.